The number of aryl methyl sites for hydroxylation is 2. The number of carbonyl (C=O) groups excluding carboxylic acids is 1. The van der Waals surface area contributed by atoms with Gasteiger partial charge in [0, 0.05) is 16.8 Å². The van der Waals surface area contributed by atoms with Gasteiger partial charge < -0.3 is 5.32 Å². The molecule has 0 aliphatic rings. The van der Waals surface area contributed by atoms with Gasteiger partial charge >= 0.3 is 0 Å². The molecule has 6 heteroatoms. The predicted octanol–water partition coefficient (Wildman–Crippen LogP) is 3.89. The van der Waals surface area contributed by atoms with Crippen LogP contribution >= 0.6 is 0 Å². The van der Waals surface area contributed by atoms with Crippen molar-refractivity contribution in [3.63, 3.8) is 0 Å². The second-order valence-corrected chi connectivity index (χ2v) is 8.98. The zero-order valence-corrected chi connectivity index (χ0v) is 16.7. The second kappa shape index (κ2) is 7.60. The molecule has 5 nitrogen and oxygen atoms in total. The fraction of sp³-hybridized carbons (Fsp3) is 0.350. The number of carbonyl (C=O) groups is 1. The summed E-state index contributed by atoms with van der Waals surface area (Å²) in [7, 11) is -3.70. The number of nitrogens with one attached hydrogen (secondary N) is 2. The number of rotatable bonds is 5. The van der Waals surface area contributed by atoms with E-state index in [2.05, 4.69) is 10.0 Å². The normalized spacial score (nSPS) is 12.0. The number of sulfonamides is 1. The predicted molar refractivity (Wildman–Crippen MR) is 105 cm³/mol. The van der Waals surface area contributed by atoms with E-state index in [9.17, 15) is 13.2 Å². The van der Waals surface area contributed by atoms with Gasteiger partial charge in [0.2, 0.25) is 10.0 Å². The number of benzene rings is 2. The van der Waals surface area contributed by atoms with Crippen LogP contribution in [-0.2, 0) is 16.4 Å². The molecule has 0 saturated carbocycles. The lowest BCUT2D eigenvalue weighted by Gasteiger charge is -2.20. The molecule has 2 aromatic carbocycles. The second-order valence-electron chi connectivity index (χ2n) is 7.30. The Morgan fingerprint density at radius 1 is 1.08 bits per heavy atom. The van der Waals surface area contributed by atoms with Gasteiger partial charge in [-0.1, -0.05) is 31.2 Å². The summed E-state index contributed by atoms with van der Waals surface area (Å²) in [6.07, 6.45) is 0.793. The molecule has 0 aromatic heterocycles. The number of anilines is 1. The standard InChI is InChI=1S/C20H26N2O3S/c1-6-15-10-7-9-14(2)18(15)21-19(23)16-11-8-12-17(13-16)26(24,25)22-20(3,4)5/h7-13,22H,6H2,1-5H3,(H,21,23). The molecule has 0 fully saturated rings. The van der Waals surface area contributed by atoms with E-state index in [0.717, 1.165) is 23.2 Å². The Bertz CT molecular complexity index is 913. The van der Waals surface area contributed by atoms with Gasteiger partial charge in [0.25, 0.3) is 5.91 Å². The van der Waals surface area contributed by atoms with E-state index >= 15 is 0 Å². The molecule has 0 spiro atoms. The van der Waals surface area contributed by atoms with Gasteiger partial charge in [-0.15, -0.1) is 0 Å². The zero-order chi connectivity index (χ0) is 19.5. The van der Waals surface area contributed by atoms with E-state index in [1.165, 1.54) is 12.1 Å². The smallest absolute Gasteiger partial charge is 0.255 e. The van der Waals surface area contributed by atoms with Gasteiger partial charge in [0.05, 0.1) is 4.90 Å². The molecule has 0 unspecified atom stereocenters. The highest BCUT2D eigenvalue weighted by molar-refractivity contribution is 7.89. The number of para-hydroxylation sites is 1. The van der Waals surface area contributed by atoms with Crippen molar-refractivity contribution in [3.05, 3.63) is 59.2 Å². The fourth-order valence-electron chi connectivity index (χ4n) is 2.65. The first kappa shape index (κ1) is 20.1. The highest BCUT2D eigenvalue weighted by Crippen LogP contribution is 2.22. The molecular weight excluding hydrogens is 348 g/mol. The van der Waals surface area contributed by atoms with E-state index in [-0.39, 0.29) is 10.8 Å². The van der Waals surface area contributed by atoms with Crippen molar-refractivity contribution in [2.75, 3.05) is 5.32 Å². The average molecular weight is 375 g/mol. The summed E-state index contributed by atoms with van der Waals surface area (Å²) in [6.45, 7) is 9.27. The summed E-state index contributed by atoms with van der Waals surface area (Å²) in [4.78, 5) is 12.7. The first-order valence-corrected chi connectivity index (χ1v) is 10.1. The first-order valence-electron chi connectivity index (χ1n) is 8.57. The van der Waals surface area contributed by atoms with E-state index in [4.69, 9.17) is 0 Å². The Kier molecular flexibility index (Phi) is 5.88. The molecule has 0 heterocycles. The van der Waals surface area contributed by atoms with E-state index in [0.29, 0.717) is 5.56 Å². The van der Waals surface area contributed by atoms with Crippen LogP contribution in [0.15, 0.2) is 47.4 Å². The molecule has 2 N–H and O–H groups in total. The Morgan fingerprint density at radius 3 is 2.35 bits per heavy atom. The Morgan fingerprint density at radius 2 is 1.73 bits per heavy atom. The molecular formula is C20H26N2O3S. The largest absolute Gasteiger partial charge is 0.321 e. The number of hydrogen-bond acceptors (Lipinski definition) is 3. The van der Waals surface area contributed by atoms with Crippen molar-refractivity contribution in [3.8, 4) is 0 Å². The Hall–Kier alpha value is -2.18. The Balaban J connectivity index is 2.32. The topological polar surface area (TPSA) is 75.3 Å². The third-order valence-corrected chi connectivity index (χ3v) is 5.58. The maximum atomic E-state index is 12.7. The van der Waals surface area contributed by atoms with E-state index in [1.54, 1.807) is 32.9 Å². The van der Waals surface area contributed by atoms with Gasteiger partial charge in [-0.25, -0.2) is 13.1 Å². The van der Waals surface area contributed by atoms with Crippen molar-refractivity contribution >= 4 is 21.6 Å². The van der Waals surface area contributed by atoms with Crippen LogP contribution in [0.4, 0.5) is 5.69 Å². The summed E-state index contributed by atoms with van der Waals surface area (Å²) in [5.74, 6) is -0.332. The van der Waals surface area contributed by atoms with Crippen LogP contribution in [-0.4, -0.2) is 19.9 Å². The summed E-state index contributed by atoms with van der Waals surface area (Å²) in [6, 6.07) is 11.9. The molecule has 140 valence electrons. The lowest BCUT2D eigenvalue weighted by atomic mass is 10.1. The summed E-state index contributed by atoms with van der Waals surface area (Å²) >= 11 is 0. The molecule has 0 aliphatic carbocycles. The van der Waals surface area contributed by atoms with Gasteiger partial charge in [0.15, 0.2) is 0 Å². The van der Waals surface area contributed by atoms with Crippen molar-refractivity contribution < 1.29 is 13.2 Å². The van der Waals surface area contributed by atoms with Crippen LogP contribution in [0.2, 0.25) is 0 Å². The SMILES string of the molecule is CCc1cccc(C)c1NC(=O)c1cccc(S(=O)(=O)NC(C)(C)C)c1. The lowest BCUT2D eigenvalue weighted by Crippen LogP contribution is -2.40. The molecule has 0 bridgehead atoms. The van der Waals surface area contributed by atoms with Crippen molar-refractivity contribution in [1.82, 2.24) is 4.72 Å². The van der Waals surface area contributed by atoms with Crippen molar-refractivity contribution in [1.29, 1.82) is 0 Å². The van der Waals surface area contributed by atoms with Crippen LogP contribution in [0.1, 0.15) is 49.2 Å². The van der Waals surface area contributed by atoms with Gasteiger partial charge in [-0.3, -0.25) is 4.79 Å². The molecule has 0 atom stereocenters. The summed E-state index contributed by atoms with van der Waals surface area (Å²) < 4.78 is 27.6. The minimum atomic E-state index is -3.70. The third-order valence-electron chi connectivity index (χ3n) is 3.83. The van der Waals surface area contributed by atoms with E-state index < -0.39 is 15.6 Å². The number of amides is 1. The quantitative estimate of drug-likeness (QED) is 0.834. The van der Waals surface area contributed by atoms with Crippen molar-refractivity contribution in [2.24, 2.45) is 0 Å². The molecule has 0 saturated heterocycles. The zero-order valence-electron chi connectivity index (χ0n) is 15.9. The molecule has 2 rings (SSSR count). The first-order chi connectivity index (χ1) is 12.0. The van der Waals surface area contributed by atoms with Crippen LogP contribution < -0.4 is 10.0 Å². The number of hydrogen-bond donors (Lipinski definition) is 2. The average Bonchev–Trinajstić information content (AvgIpc) is 2.54. The summed E-state index contributed by atoms with van der Waals surface area (Å²) in [5, 5.41) is 2.92. The minimum absolute atomic E-state index is 0.0700. The van der Waals surface area contributed by atoms with E-state index in [1.807, 2.05) is 32.0 Å². The minimum Gasteiger partial charge on any atom is -0.321 e. The Labute approximate surface area is 155 Å². The summed E-state index contributed by atoms with van der Waals surface area (Å²) in [5.41, 5.74) is 2.48. The lowest BCUT2D eigenvalue weighted by molar-refractivity contribution is 0.102. The maximum absolute atomic E-state index is 12.7. The maximum Gasteiger partial charge on any atom is 0.255 e. The molecule has 2 aromatic rings. The van der Waals surface area contributed by atoms with Gasteiger partial charge in [-0.05, 0) is 63.4 Å². The van der Waals surface area contributed by atoms with Crippen LogP contribution in [0.5, 0.6) is 0 Å². The third kappa shape index (κ3) is 4.93. The van der Waals surface area contributed by atoms with Crippen LogP contribution in [0.25, 0.3) is 0 Å². The van der Waals surface area contributed by atoms with Crippen molar-refractivity contribution in [2.45, 2.75) is 51.5 Å². The highest BCUT2D eigenvalue weighted by atomic mass is 32.2. The monoisotopic (exact) mass is 374 g/mol. The van der Waals surface area contributed by atoms with Gasteiger partial charge in [-0.2, -0.15) is 0 Å². The molecule has 26 heavy (non-hydrogen) atoms. The fourth-order valence-corrected chi connectivity index (χ4v) is 4.12. The molecule has 1 amide bonds. The van der Waals surface area contributed by atoms with Gasteiger partial charge in [0.1, 0.15) is 0 Å². The van der Waals surface area contributed by atoms with Crippen LogP contribution in [0.3, 0.4) is 0 Å². The highest BCUT2D eigenvalue weighted by Gasteiger charge is 2.23. The van der Waals surface area contributed by atoms with Crippen LogP contribution in [0, 0.1) is 6.92 Å². The molecule has 0 aliphatic heterocycles. The molecule has 0 radical (unpaired) electrons.